The third-order valence-electron chi connectivity index (χ3n) is 2.99. The van der Waals surface area contributed by atoms with Crippen molar-refractivity contribution in [1.29, 1.82) is 0 Å². The van der Waals surface area contributed by atoms with Gasteiger partial charge in [-0.2, -0.15) is 0 Å². The molecule has 22 heavy (non-hydrogen) atoms. The highest BCUT2D eigenvalue weighted by molar-refractivity contribution is 9.10. The molecule has 0 aliphatic carbocycles. The molecule has 0 radical (unpaired) electrons. The van der Waals surface area contributed by atoms with E-state index in [2.05, 4.69) is 21.2 Å². The second-order valence-electron chi connectivity index (χ2n) is 4.98. The van der Waals surface area contributed by atoms with Crippen LogP contribution in [0.5, 0.6) is 0 Å². The highest BCUT2D eigenvalue weighted by Gasteiger charge is 2.11. The van der Waals surface area contributed by atoms with Crippen LogP contribution in [0.15, 0.2) is 46.9 Å². The Bertz CT molecular complexity index is 713. The van der Waals surface area contributed by atoms with Gasteiger partial charge in [-0.1, -0.05) is 23.8 Å². The van der Waals surface area contributed by atoms with Crippen LogP contribution in [0.25, 0.3) is 0 Å². The van der Waals surface area contributed by atoms with Crippen LogP contribution < -0.4 is 5.32 Å². The van der Waals surface area contributed by atoms with E-state index in [0.717, 1.165) is 15.6 Å². The summed E-state index contributed by atoms with van der Waals surface area (Å²) in [5, 5.41) is 2.69. The molecular weight excluding hydrogens is 346 g/mol. The van der Waals surface area contributed by atoms with E-state index in [1.54, 1.807) is 24.3 Å². The summed E-state index contributed by atoms with van der Waals surface area (Å²) in [4.78, 5) is 23.7. The molecule has 0 aliphatic rings. The minimum absolute atomic E-state index is 0.326. The van der Waals surface area contributed by atoms with Crippen LogP contribution in [0.1, 0.15) is 21.5 Å². The molecular formula is C17H16BrNO3. The highest BCUT2D eigenvalue weighted by atomic mass is 79.9. The first-order chi connectivity index (χ1) is 10.5. The Morgan fingerprint density at radius 1 is 1.09 bits per heavy atom. The first-order valence-corrected chi connectivity index (χ1v) is 7.55. The molecule has 1 N–H and O–H groups in total. The van der Waals surface area contributed by atoms with E-state index in [1.807, 2.05) is 32.0 Å². The number of nitrogens with one attached hydrogen (secondary N) is 1. The minimum atomic E-state index is -0.512. The van der Waals surface area contributed by atoms with Crippen molar-refractivity contribution >= 4 is 33.5 Å². The zero-order chi connectivity index (χ0) is 16.1. The van der Waals surface area contributed by atoms with Crippen molar-refractivity contribution in [3.63, 3.8) is 0 Å². The van der Waals surface area contributed by atoms with Crippen molar-refractivity contribution in [2.24, 2.45) is 0 Å². The van der Waals surface area contributed by atoms with Gasteiger partial charge in [0.2, 0.25) is 0 Å². The summed E-state index contributed by atoms with van der Waals surface area (Å²) in [6.07, 6.45) is 0. The lowest BCUT2D eigenvalue weighted by molar-refractivity contribution is -0.119. The fraction of sp³-hybridized carbons (Fsp3) is 0.176. The van der Waals surface area contributed by atoms with E-state index >= 15 is 0 Å². The Kier molecular flexibility index (Phi) is 5.33. The van der Waals surface area contributed by atoms with Gasteiger partial charge in [0.1, 0.15) is 0 Å². The number of aryl methyl sites for hydroxylation is 2. The fourth-order valence-corrected chi connectivity index (χ4v) is 2.49. The van der Waals surface area contributed by atoms with Crippen LogP contribution >= 0.6 is 15.9 Å². The molecule has 0 saturated heterocycles. The quantitative estimate of drug-likeness (QED) is 0.841. The summed E-state index contributed by atoms with van der Waals surface area (Å²) >= 11 is 3.38. The molecule has 114 valence electrons. The summed E-state index contributed by atoms with van der Waals surface area (Å²) in [6, 6.07) is 12.6. The molecule has 2 aromatic carbocycles. The molecule has 1 amide bonds. The molecule has 0 aliphatic heterocycles. The summed E-state index contributed by atoms with van der Waals surface area (Å²) in [6.45, 7) is 3.52. The average molecular weight is 362 g/mol. The maximum Gasteiger partial charge on any atom is 0.338 e. The lowest BCUT2D eigenvalue weighted by Gasteiger charge is -2.09. The number of carbonyl (C=O) groups excluding carboxylic acids is 2. The highest BCUT2D eigenvalue weighted by Crippen LogP contribution is 2.23. The first kappa shape index (κ1) is 16.2. The summed E-state index contributed by atoms with van der Waals surface area (Å²) in [7, 11) is 0. The Morgan fingerprint density at radius 3 is 2.50 bits per heavy atom. The van der Waals surface area contributed by atoms with Crippen LogP contribution in [-0.2, 0) is 9.53 Å². The number of esters is 1. The molecule has 0 unspecified atom stereocenters. The Balaban J connectivity index is 1.91. The topological polar surface area (TPSA) is 55.4 Å². The number of amides is 1. The molecule has 0 fully saturated rings. The van der Waals surface area contributed by atoms with Crippen LogP contribution in [0, 0.1) is 13.8 Å². The molecule has 2 aromatic rings. The molecule has 2 rings (SSSR count). The van der Waals surface area contributed by atoms with Crippen molar-refractivity contribution in [2.45, 2.75) is 13.8 Å². The molecule has 5 heteroatoms. The van der Waals surface area contributed by atoms with E-state index in [0.29, 0.717) is 11.3 Å². The summed E-state index contributed by atoms with van der Waals surface area (Å²) < 4.78 is 5.80. The summed E-state index contributed by atoms with van der Waals surface area (Å²) in [5.41, 5.74) is 3.12. The zero-order valence-electron chi connectivity index (χ0n) is 12.4. The van der Waals surface area contributed by atoms with Crippen LogP contribution in [-0.4, -0.2) is 18.5 Å². The number of halogens is 1. The van der Waals surface area contributed by atoms with Gasteiger partial charge in [-0.25, -0.2) is 4.79 Å². The van der Waals surface area contributed by atoms with Crippen LogP contribution in [0.4, 0.5) is 5.69 Å². The predicted molar refractivity (Wildman–Crippen MR) is 89.0 cm³/mol. The third-order valence-corrected chi connectivity index (χ3v) is 3.64. The van der Waals surface area contributed by atoms with Gasteiger partial charge in [-0.05, 0) is 59.6 Å². The van der Waals surface area contributed by atoms with E-state index in [4.69, 9.17) is 4.74 Å². The van der Waals surface area contributed by atoms with E-state index in [1.165, 1.54) is 0 Å². The second-order valence-corrected chi connectivity index (χ2v) is 5.83. The van der Waals surface area contributed by atoms with Gasteiger partial charge in [-0.15, -0.1) is 0 Å². The van der Waals surface area contributed by atoms with Crippen molar-refractivity contribution in [1.82, 2.24) is 0 Å². The van der Waals surface area contributed by atoms with Gasteiger partial charge in [0, 0.05) is 4.47 Å². The lowest BCUT2D eigenvalue weighted by atomic mass is 10.1. The third kappa shape index (κ3) is 4.43. The van der Waals surface area contributed by atoms with Gasteiger partial charge in [0.05, 0.1) is 11.3 Å². The average Bonchev–Trinajstić information content (AvgIpc) is 2.47. The van der Waals surface area contributed by atoms with Gasteiger partial charge in [-0.3, -0.25) is 4.79 Å². The zero-order valence-corrected chi connectivity index (χ0v) is 13.9. The maximum atomic E-state index is 11.9. The molecule has 0 spiro atoms. The normalized spacial score (nSPS) is 10.1. The molecule has 0 heterocycles. The first-order valence-electron chi connectivity index (χ1n) is 6.75. The largest absolute Gasteiger partial charge is 0.452 e. The van der Waals surface area contributed by atoms with Gasteiger partial charge < -0.3 is 10.1 Å². The molecule has 4 nitrogen and oxygen atoms in total. The van der Waals surface area contributed by atoms with E-state index < -0.39 is 5.97 Å². The number of ether oxygens (including phenoxy) is 1. The monoisotopic (exact) mass is 361 g/mol. The molecule has 0 saturated carbocycles. The molecule has 0 atom stereocenters. The predicted octanol–water partition coefficient (Wildman–Crippen LogP) is 3.86. The smallest absolute Gasteiger partial charge is 0.338 e. The van der Waals surface area contributed by atoms with Gasteiger partial charge in [0.15, 0.2) is 6.61 Å². The van der Waals surface area contributed by atoms with Gasteiger partial charge >= 0.3 is 5.97 Å². The number of benzene rings is 2. The number of rotatable bonds is 4. The number of carbonyl (C=O) groups is 2. The SMILES string of the molecule is Cc1cccc(C(=O)OCC(=O)Nc2ccc(C)cc2Br)c1. The van der Waals surface area contributed by atoms with E-state index in [9.17, 15) is 9.59 Å². The number of hydrogen-bond acceptors (Lipinski definition) is 3. The van der Waals surface area contributed by atoms with Crippen molar-refractivity contribution in [3.8, 4) is 0 Å². The molecule has 0 aromatic heterocycles. The fourth-order valence-electron chi connectivity index (χ4n) is 1.89. The van der Waals surface area contributed by atoms with Crippen molar-refractivity contribution in [2.75, 3.05) is 11.9 Å². The second kappa shape index (κ2) is 7.22. The minimum Gasteiger partial charge on any atom is -0.452 e. The van der Waals surface area contributed by atoms with Crippen LogP contribution in [0.2, 0.25) is 0 Å². The van der Waals surface area contributed by atoms with Crippen molar-refractivity contribution < 1.29 is 14.3 Å². The Labute approximate surface area is 137 Å². The summed E-state index contributed by atoms with van der Waals surface area (Å²) in [5.74, 6) is -0.896. The van der Waals surface area contributed by atoms with Gasteiger partial charge in [0.25, 0.3) is 5.91 Å². The van der Waals surface area contributed by atoms with Crippen LogP contribution in [0.3, 0.4) is 0 Å². The lowest BCUT2D eigenvalue weighted by Crippen LogP contribution is -2.21. The maximum absolute atomic E-state index is 11.9. The number of anilines is 1. The van der Waals surface area contributed by atoms with Crippen molar-refractivity contribution in [3.05, 3.63) is 63.6 Å². The Hall–Kier alpha value is -2.14. The van der Waals surface area contributed by atoms with E-state index in [-0.39, 0.29) is 12.5 Å². The Morgan fingerprint density at radius 2 is 1.82 bits per heavy atom. The molecule has 0 bridgehead atoms. The standard InChI is InChI=1S/C17H16BrNO3/c1-11-4-3-5-13(8-11)17(21)22-10-16(20)19-15-7-6-12(2)9-14(15)18/h3-9H,10H2,1-2H3,(H,19,20). The number of hydrogen-bond donors (Lipinski definition) is 1.